The van der Waals surface area contributed by atoms with E-state index in [1.165, 1.54) is 12.8 Å². The SMILES string of the molecule is COCC(C)Nc1ncc(-c2cc(C)no2)c(C2CC2)n1. The van der Waals surface area contributed by atoms with Gasteiger partial charge in [0.05, 0.1) is 23.6 Å². The van der Waals surface area contributed by atoms with Crippen LogP contribution in [0.2, 0.25) is 0 Å². The zero-order chi connectivity index (χ0) is 14.8. The number of rotatable bonds is 6. The van der Waals surface area contributed by atoms with Crippen LogP contribution in [0.15, 0.2) is 16.8 Å². The third-order valence-corrected chi connectivity index (χ3v) is 3.47. The highest BCUT2D eigenvalue weighted by molar-refractivity contribution is 5.62. The third kappa shape index (κ3) is 3.21. The van der Waals surface area contributed by atoms with E-state index in [9.17, 15) is 0 Å². The Morgan fingerprint density at radius 2 is 2.29 bits per heavy atom. The van der Waals surface area contributed by atoms with Gasteiger partial charge in [0.25, 0.3) is 0 Å². The molecule has 21 heavy (non-hydrogen) atoms. The number of ether oxygens (including phenoxy) is 1. The van der Waals surface area contributed by atoms with Gasteiger partial charge < -0.3 is 14.6 Å². The van der Waals surface area contributed by atoms with Crippen molar-refractivity contribution in [1.82, 2.24) is 15.1 Å². The normalized spacial score (nSPS) is 16.0. The van der Waals surface area contributed by atoms with Gasteiger partial charge in [-0.05, 0) is 26.7 Å². The van der Waals surface area contributed by atoms with Crippen LogP contribution >= 0.6 is 0 Å². The number of hydrogen-bond acceptors (Lipinski definition) is 6. The van der Waals surface area contributed by atoms with E-state index in [1.807, 2.05) is 26.1 Å². The van der Waals surface area contributed by atoms with E-state index in [1.54, 1.807) is 7.11 Å². The van der Waals surface area contributed by atoms with Gasteiger partial charge in [-0.15, -0.1) is 0 Å². The van der Waals surface area contributed by atoms with E-state index in [-0.39, 0.29) is 6.04 Å². The molecule has 3 rings (SSSR count). The minimum Gasteiger partial charge on any atom is -0.383 e. The first-order valence-electron chi connectivity index (χ1n) is 7.23. The quantitative estimate of drug-likeness (QED) is 0.881. The highest BCUT2D eigenvalue weighted by Gasteiger charge is 2.30. The second kappa shape index (κ2) is 5.81. The zero-order valence-corrected chi connectivity index (χ0v) is 12.6. The predicted molar refractivity (Wildman–Crippen MR) is 79.2 cm³/mol. The Kier molecular flexibility index (Phi) is 3.88. The van der Waals surface area contributed by atoms with Gasteiger partial charge in [-0.25, -0.2) is 9.97 Å². The second-order valence-corrected chi connectivity index (χ2v) is 5.60. The van der Waals surface area contributed by atoms with Crippen molar-refractivity contribution in [3.63, 3.8) is 0 Å². The molecular weight excluding hydrogens is 268 g/mol. The topological polar surface area (TPSA) is 73.1 Å². The molecule has 0 amide bonds. The Morgan fingerprint density at radius 1 is 1.48 bits per heavy atom. The molecule has 2 heterocycles. The maximum Gasteiger partial charge on any atom is 0.223 e. The largest absolute Gasteiger partial charge is 0.383 e. The maximum absolute atomic E-state index is 5.36. The van der Waals surface area contributed by atoms with Gasteiger partial charge in [0, 0.05) is 31.3 Å². The van der Waals surface area contributed by atoms with Crippen LogP contribution in [-0.2, 0) is 4.74 Å². The lowest BCUT2D eigenvalue weighted by Crippen LogP contribution is -2.22. The van der Waals surface area contributed by atoms with Crippen LogP contribution in [0, 0.1) is 6.92 Å². The van der Waals surface area contributed by atoms with Gasteiger partial charge in [-0.3, -0.25) is 0 Å². The number of nitrogens with zero attached hydrogens (tertiary/aromatic N) is 3. The Hall–Kier alpha value is -1.95. The summed E-state index contributed by atoms with van der Waals surface area (Å²) in [7, 11) is 1.68. The molecule has 6 heteroatoms. The molecule has 0 aromatic carbocycles. The summed E-state index contributed by atoms with van der Waals surface area (Å²) in [6.45, 7) is 4.57. The summed E-state index contributed by atoms with van der Waals surface area (Å²) in [6, 6.07) is 2.09. The number of aromatic nitrogens is 3. The summed E-state index contributed by atoms with van der Waals surface area (Å²) < 4.78 is 10.5. The molecule has 1 N–H and O–H groups in total. The van der Waals surface area contributed by atoms with Crippen molar-refractivity contribution in [2.24, 2.45) is 0 Å². The van der Waals surface area contributed by atoms with E-state index >= 15 is 0 Å². The molecule has 1 aliphatic rings. The summed E-state index contributed by atoms with van der Waals surface area (Å²) in [6.07, 6.45) is 4.16. The van der Waals surface area contributed by atoms with E-state index in [0.29, 0.717) is 18.5 Å². The number of anilines is 1. The van der Waals surface area contributed by atoms with Crippen molar-refractivity contribution in [3.05, 3.63) is 23.7 Å². The minimum absolute atomic E-state index is 0.167. The number of nitrogens with one attached hydrogen (secondary N) is 1. The molecule has 2 aromatic heterocycles. The van der Waals surface area contributed by atoms with Gasteiger partial charge in [-0.2, -0.15) is 0 Å². The van der Waals surface area contributed by atoms with E-state index in [0.717, 1.165) is 22.7 Å². The lowest BCUT2D eigenvalue weighted by Gasteiger charge is -2.14. The third-order valence-electron chi connectivity index (χ3n) is 3.47. The fourth-order valence-corrected chi connectivity index (χ4v) is 2.32. The Bertz CT molecular complexity index is 622. The fraction of sp³-hybridized carbons (Fsp3) is 0.533. The van der Waals surface area contributed by atoms with E-state index in [2.05, 4.69) is 20.4 Å². The molecule has 0 spiro atoms. The lowest BCUT2D eigenvalue weighted by atomic mass is 10.1. The van der Waals surface area contributed by atoms with Gasteiger partial charge >= 0.3 is 0 Å². The maximum atomic E-state index is 5.36. The van der Waals surface area contributed by atoms with Gasteiger partial charge in [0.2, 0.25) is 5.95 Å². The number of hydrogen-bond donors (Lipinski definition) is 1. The number of aryl methyl sites for hydroxylation is 1. The molecule has 2 aromatic rings. The molecule has 1 saturated carbocycles. The summed E-state index contributed by atoms with van der Waals surface area (Å²) in [4.78, 5) is 9.07. The van der Waals surface area contributed by atoms with Crippen molar-refractivity contribution < 1.29 is 9.26 Å². The van der Waals surface area contributed by atoms with Crippen molar-refractivity contribution >= 4 is 5.95 Å². The molecule has 0 radical (unpaired) electrons. The molecule has 0 bridgehead atoms. The molecule has 1 fully saturated rings. The van der Waals surface area contributed by atoms with Crippen LogP contribution < -0.4 is 5.32 Å². The molecule has 1 aliphatic carbocycles. The fourth-order valence-electron chi connectivity index (χ4n) is 2.32. The first-order valence-corrected chi connectivity index (χ1v) is 7.23. The van der Waals surface area contributed by atoms with Crippen molar-refractivity contribution in [3.8, 4) is 11.3 Å². The van der Waals surface area contributed by atoms with Crippen LogP contribution in [0.4, 0.5) is 5.95 Å². The zero-order valence-electron chi connectivity index (χ0n) is 12.6. The molecule has 0 saturated heterocycles. The highest BCUT2D eigenvalue weighted by Crippen LogP contribution is 2.43. The van der Waals surface area contributed by atoms with E-state index in [4.69, 9.17) is 9.26 Å². The standard InChI is InChI=1S/C15H20N4O2/c1-9-6-13(21-19-9)12-7-16-15(17-10(2)8-20-3)18-14(12)11-4-5-11/h6-7,10-11H,4-5,8H2,1-3H3,(H,16,17,18). The van der Waals surface area contributed by atoms with Crippen molar-refractivity contribution in [2.45, 2.75) is 38.6 Å². The Morgan fingerprint density at radius 3 is 2.90 bits per heavy atom. The average Bonchev–Trinajstić information content (AvgIpc) is 3.21. The minimum atomic E-state index is 0.167. The van der Waals surface area contributed by atoms with Crippen LogP contribution in [0.1, 0.15) is 37.1 Å². The first-order chi connectivity index (χ1) is 10.2. The molecule has 112 valence electrons. The predicted octanol–water partition coefficient (Wildman–Crippen LogP) is 2.76. The Balaban J connectivity index is 1.88. The second-order valence-electron chi connectivity index (χ2n) is 5.60. The van der Waals surface area contributed by atoms with Gasteiger partial charge in [-0.1, -0.05) is 5.16 Å². The summed E-state index contributed by atoms with van der Waals surface area (Å²) in [5.41, 5.74) is 2.86. The van der Waals surface area contributed by atoms with Gasteiger partial charge in [0.1, 0.15) is 0 Å². The summed E-state index contributed by atoms with van der Waals surface area (Å²) in [5.74, 6) is 1.89. The van der Waals surface area contributed by atoms with Gasteiger partial charge in [0.15, 0.2) is 5.76 Å². The molecular formula is C15H20N4O2. The van der Waals surface area contributed by atoms with Crippen LogP contribution in [-0.4, -0.2) is 34.9 Å². The monoisotopic (exact) mass is 288 g/mol. The molecule has 1 unspecified atom stereocenters. The highest BCUT2D eigenvalue weighted by atomic mass is 16.5. The van der Waals surface area contributed by atoms with Crippen molar-refractivity contribution in [1.29, 1.82) is 0 Å². The molecule has 1 atom stereocenters. The number of methoxy groups -OCH3 is 1. The Labute approximate surface area is 123 Å². The molecule has 0 aliphatic heterocycles. The van der Waals surface area contributed by atoms with E-state index < -0.39 is 0 Å². The summed E-state index contributed by atoms with van der Waals surface area (Å²) >= 11 is 0. The van der Waals surface area contributed by atoms with Crippen LogP contribution in [0.3, 0.4) is 0 Å². The smallest absolute Gasteiger partial charge is 0.223 e. The first kappa shape index (κ1) is 14.0. The lowest BCUT2D eigenvalue weighted by molar-refractivity contribution is 0.190. The van der Waals surface area contributed by atoms with Crippen molar-refractivity contribution in [2.75, 3.05) is 19.0 Å². The average molecular weight is 288 g/mol. The summed E-state index contributed by atoms with van der Waals surface area (Å²) in [5, 5.41) is 7.20. The van der Waals surface area contributed by atoms with Crippen LogP contribution in [0.5, 0.6) is 0 Å². The molecule has 6 nitrogen and oxygen atoms in total. The van der Waals surface area contributed by atoms with Crippen LogP contribution in [0.25, 0.3) is 11.3 Å².